The zero-order valence-electron chi connectivity index (χ0n) is 29.9. The van der Waals surface area contributed by atoms with Gasteiger partial charge in [-0.2, -0.15) is 0 Å². The van der Waals surface area contributed by atoms with Crippen molar-refractivity contribution < 1.29 is 28.7 Å². The van der Waals surface area contributed by atoms with Crippen molar-refractivity contribution >= 4 is 17.6 Å². The number of hydrogen-bond acceptors (Lipinski definition) is 9. The zero-order valence-corrected chi connectivity index (χ0v) is 29.9. The number of dihydropyridines is 1. The molecule has 1 unspecified atom stereocenters. The lowest BCUT2D eigenvalue weighted by Crippen LogP contribution is -2.43. The molecule has 3 aromatic carbocycles. The summed E-state index contributed by atoms with van der Waals surface area (Å²) in [6.07, 6.45) is 4.51. The second-order valence-corrected chi connectivity index (χ2v) is 13.2. The number of non-ortho nitro benzene ring substituents is 1. The molecular formula is C41H49N3O7. The van der Waals surface area contributed by atoms with Crippen LogP contribution in [0.15, 0.2) is 107 Å². The Labute approximate surface area is 300 Å². The Bertz CT molecular complexity index is 1670. The minimum Gasteiger partial charge on any atom is -0.462 e. The van der Waals surface area contributed by atoms with Gasteiger partial charge < -0.3 is 24.4 Å². The van der Waals surface area contributed by atoms with Crippen LogP contribution in [0.25, 0.3) is 0 Å². The van der Waals surface area contributed by atoms with E-state index in [2.05, 4.69) is 77.8 Å². The summed E-state index contributed by atoms with van der Waals surface area (Å²) in [4.78, 5) is 41.0. The van der Waals surface area contributed by atoms with Gasteiger partial charge >= 0.3 is 11.9 Å². The zero-order chi connectivity index (χ0) is 36.2. The van der Waals surface area contributed by atoms with Crippen LogP contribution in [0.1, 0.15) is 75.5 Å². The van der Waals surface area contributed by atoms with Crippen molar-refractivity contribution in [1.29, 1.82) is 0 Å². The predicted molar refractivity (Wildman–Crippen MR) is 196 cm³/mol. The molecule has 0 aromatic heterocycles. The fourth-order valence-corrected chi connectivity index (χ4v) is 7.25. The molecule has 0 spiro atoms. The number of carbonyl (C=O) groups excluding carboxylic acids is 2. The molecule has 2 heterocycles. The number of carbonyl (C=O) groups is 2. The molecule has 0 amide bonds. The van der Waals surface area contributed by atoms with E-state index in [0.29, 0.717) is 30.0 Å². The first-order valence-electron chi connectivity index (χ1n) is 17.9. The lowest BCUT2D eigenvalue weighted by Gasteiger charge is -2.43. The summed E-state index contributed by atoms with van der Waals surface area (Å²) in [6, 6.07) is 27.5. The number of nitro benzene ring substituents is 1. The van der Waals surface area contributed by atoms with Crippen LogP contribution in [0, 0.1) is 10.1 Å². The van der Waals surface area contributed by atoms with Crippen molar-refractivity contribution in [1.82, 2.24) is 10.2 Å². The van der Waals surface area contributed by atoms with Gasteiger partial charge in [0.15, 0.2) is 0 Å². The van der Waals surface area contributed by atoms with E-state index in [0.717, 1.165) is 45.3 Å². The summed E-state index contributed by atoms with van der Waals surface area (Å²) in [5, 5.41) is 14.9. The minimum atomic E-state index is -0.918. The van der Waals surface area contributed by atoms with Crippen LogP contribution in [0.3, 0.4) is 0 Å². The van der Waals surface area contributed by atoms with E-state index in [9.17, 15) is 19.7 Å². The maximum absolute atomic E-state index is 13.8. The van der Waals surface area contributed by atoms with Crippen molar-refractivity contribution in [3.63, 3.8) is 0 Å². The van der Waals surface area contributed by atoms with Crippen molar-refractivity contribution in [2.24, 2.45) is 0 Å². The molecule has 0 radical (unpaired) electrons. The number of piperidine rings is 1. The molecule has 10 nitrogen and oxygen atoms in total. The number of allylic oxidation sites excluding steroid dienone is 2. The van der Waals surface area contributed by atoms with Crippen molar-refractivity contribution in [2.45, 2.75) is 64.2 Å². The van der Waals surface area contributed by atoms with Crippen LogP contribution in [0.5, 0.6) is 0 Å². The molecule has 1 N–H and O–H groups in total. The van der Waals surface area contributed by atoms with Gasteiger partial charge in [0.1, 0.15) is 6.61 Å². The molecule has 0 aliphatic carbocycles. The third-order valence-electron chi connectivity index (χ3n) is 9.93. The molecule has 0 bridgehead atoms. The van der Waals surface area contributed by atoms with Crippen LogP contribution in [0.2, 0.25) is 0 Å². The third-order valence-corrected chi connectivity index (χ3v) is 9.93. The van der Waals surface area contributed by atoms with Crippen LogP contribution >= 0.6 is 0 Å². The standard InChI is InChI=1S/C41H49N3O7/c1-4-5-25-49-27-28-51-40(46)37-31(3)42-30(2)36(38(37)32-14-12-19-35(29-32)44(47)48)39(45)50-26-13-22-43-23-20-41(21-24-43,33-15-8-6-9-16-33)34-17-10-7-11-18-34/h6-12,14-19,29,38,42H,4-5,13,20-28H2,1-3H3. The van der Waals surface area contributed by atoms with E-state index in [1.54, 1.807) is 26.0 Å². The summed E-state index contributed by atoms with van der Waals surface area (Å²) in [7, 11) is 0. The fourth-order valence-electron chi connectivity index (χ4n) is 7.25. The van der Waals surface area contributed by atoms with E-state index < -0.39 is 22.8 Å². The molecule has 0 saturated carbocycles. The maximum atomic E-state index is 13.8. The number of hydrogen-bond donors (Lipinski definition) is 1. The van der Waals surface area contributed by atoms with E-state index in [-0.39, 0.29) is 42.1 Å². The summed E-state index contributed by atoms with van der Waals surface area (Å²) < 4.78 is 17.0. The highest BCUT2D eigenvalue weighted by Gasteiger charge is 2.39. The lowest BCUT2D eigenvalue weighted by molar-refractivity contribution is -0.384. The first-order valence-corrected chi connectivity index (χ1v) is 17.9. The van der Waals surface area contributed by atoms with Gasteiger partial charge in [0, 0.05) is 42.1 Å². The van der Waals surface area contributed by atoms with Gasteiger partial charge in [-0.1, -0.05) is 86.1 Å². The van der Waals surface area contributed by atoms with Gasteiger partial charge in [0.05, 0.1) is 35.2 Å². The molecule has 2 aliphatic heterocycles. The second kappa shape index (κ2) is 17.9. The SMILES string of the molecule is CCCCOCCOC(=O)C1=C(C)NC(C)=C(C(=O)OCCCN2CCC(c3ccccc3)(c3ccccc3)CC2)C1c1cccc([N+](=O)[O-])c1. The van der Waals surface area contributed by atoms with Gasteiger partial charge in [-0.25, -0.2) is 9.59 Å². The number of likely N-dealkylation sites (tertiary alicyclic amines) is 1. The number of nitrogens with zero attached hydrogens (tertiary/aromatic N) is 2. The van der Waals surface area contributed by atoms with E-state index >= 15 is 0 Å². The van der Waals surface area contributed by atoms with Crippen molar-refractivity contribution in [3.8, 4) is 0 Å². The summed E-state index contributed by atoms with van der Waals surface area (Å²) in [5.41, 5.74) is 4.36. The lowest BCUT2D eigenvalue weighted by atomic mass is 9.68. The minimum absolute atomic E-state index is 0.0395. The Morgan fingerprint density at radius 3 is 1.96 bits per heavy atom. The van der Waals surface area contributed by atoms with Gasteiger partial charge in [-0.15, -0.1) is 0 Å². The van der Waals surface area contributed by atoms with E-state index in [4.69, 9.17) is 14.2 Å². The molecular weight excluding hydrogens is 646 g/mol. The number of ether oxygens (including phenoxy) is 3. The van der Waals surface area contributed by atoms with Gasteiger partial charge in [-0.3, -0.25) is 10.1 Å². The molecule has 10 heteroatoms. The molecule has 2 aliphatic rings. The summed E-state index contributed by atoms with van der Waals surface area (Å²) >= 11 is 0. The van der Waals surface area contributed by atoms with E-state index in [1.807, 2.05) is 0 Å². The number of esters is 2. The van der Waals surface area contributed by atoms with Crippen LogP contribution in [-0.2, 0) is 29.2 Å². The molecule has 270 valence electrons. The van der Waals surface area contributed by atoms with Crippen molar-refractivity contribution in [2.75, 3.05) is 46.1 Å². The number of nitrogens with one attached hydrogen (secondary N) is 1. The number of rotatable bonds is 16. The maximum Gasteiger partial charge on any atom is 0.336 e. The van der Waals surface area contributed by atoms with Gasteiger partial charge in [0.2, 0.25) is 0 Å². The van der Waals surface area contributed by atoms with Gasteiger partial charge in [0.25, 0.3) is 5.69 Å². The largest absolute Gasteiger partial charge is 0.462 e. The topological polar surface area (TPSA) is 120 Å². The highest BCUT2D eigenvalue weighted by atomic mass is 16.6. The number of unbranched alkanes of at least 4 members (excludes halogenated alkanes) is 1. The highest BCUT2D eigenvalue weighted by Crippen LogP contribution is 2.42. The third kappa shape index (κ3) is 9.11. The van der Waals surface area contributed by atoms with Gasteiger partial charge in [-0.05, 0) is 69.3 Å². The number of nitro groups is 1. The monoisotopic (exact) mass is 695 g/mol. The molecule has 1 saturated heterocycles. The molecule has 1 atom stereocenters. The highest BCUT2D eigenvalue weighted by molar-refractivity contribution is 6.00. The van der Waals surface area contributed by atoms with Crippen LogP contribution in [0.4, 0.5) is 5.69 Å². The average Bonchev–Trinajstić information content (AvgIpc) is 3.15. The first-order chi connectivity index (χ1) is 24.7. The van der Waals surface area contributed by atoms with E-state index in [1.165, 1.54) is 23.3 Å². The molecule has 1 fully saturated rings. The Morgan fingerprint density at radius 1 is 0.804 bits per heavy atom. The molecule has 3 aromatic rings. The molecule has 51 heavy (non-hydrogen) atoms. The second-order valence-electron chi connectivity index (χ2n) is 13.2. The number of benzene rings is 3. The predicted octanol–water partition coefficient (Wildman–Crippen LogP) is 7.20. The van der Waals surface area contributed by atoms with Crippen LogP contribution < -0.4 is 5.32 Å². The quantitative estimate of drug-likeness (QED) is 0.0718. The Morgan fingerprint density at radius 2 is 1.39 bits per heavy atom. The Kier molecular flexibility index (Phi) is 13.2. The molecule has 5 rings (SSSR count). The van der Waals surface area contributed by atoms with Crippen molar-refractivity contribution in [3.05, 3.63) is 134 Å². The normalized spacial score (nSPS) is 17.5. The summed E-state index contributed by atoms with van der Waals surface area (Å²) in [5.74, 6) is -2.12. The Hall–Kier alpha value is -4.80. The summed E-state index contributed by atoms with van der Waals surface area (Å²) in [6.45, 7) is 9.19. The Balaban J connectivity index is 1.24. The average molecular weight is 696 g/mol. The van der Waals surface area contributed by atoms with Crippen LogP contribution in [-0.4, -0.2) is 67.8 Å². The fraction of sp³-hybridized carbons (Fsp3) is 0.415. The first kappa shape index (κ1) is 37.5. The smallest absolute Gasteiger partial charge is 0.336 e.